The molecule has 0 fully saturated rings. The fourth-order valence-corrected chi connectivity index (χ4v) is 2.97. The third-order valence-electron chi connectivity index (χ3n) is 3.44. The maximum atomic E-state index is 13.0. The van der Waals surface area contributed by atoms with E-state index < -0.39 is 39.3 Å². The lowest BCUT2D eigenvalue weighted by molar-refractivity contribution is -0.137. The Hall–Kier alpha value is -2.90. The van der Waals surface area contributed by atoms with Crippen LogP contribution >= 0.6 is 0 Å². The van der Waals surface area contributed by atoms with Crippen LogP contribution in [-0.2, 0) is 21.0 Å². The standard InChI is InChI=1S/C17H14F3N3O3S/c1-27(25,26)23-15(11-5-3-2-4-6-11)16(24)22-13-8-7-12(10-21)14(9-13)17(18,19)20/h2-9,15,23H,1H3,(H,22,24). The maximum Gasteiger partial charge on any atom is 0.417 e. The molecule has 0 aliphatic carbocycles. The Morgan fingerprint density at radius 3 is 2.30 bits per heavy atom. The Labute approximate surface area is 153 Å². The molecule has 1 unspecified atom stereocenters. The molecule has 2 aromatic carbocycles. The molecule has 0 aliphatic rings. The molecule has 0 radical (unpaired) electrons. The summed E-state index contributed by atoms with van der Waals surface area (Å²) in [7, 11) is -3.78. The largest absolute Gasteiger partial charge is 0.417 e. The number of amides is 1. The van der Waals surface area contributed by atoms with Crippen molar-refractivity contribution in [3.8, 4) is 6.07 Å². The smallest absolute Gasteiger partial charge is 0.324 e. The van der Waals surface area contributed by atoms with Gasteiger partial charge in [-0.25, -0.2) is 8.42 Å². The highest BCUT2D eigenvalue weighted by Crippen LogP contribution is 2.33. The number of nitrogens with one attached hydrogen (secondary N) is 2. The van der Waals surface area contributed by atoms with Crippen LogP contribution in [0.2, 0.25) is 0 Å². The SMILES string of the molecule is CS(=O)(=O)NC(C(=O)Nc1ccc(C#N)c(C(F)(F)F)c1)c1ccccc1. The number of anilines is 1. The molecule has 10 heteroatoms. The molecule has 0 saturated carbocycles. The predicted molar refractivity (Wildman–Crippen MR) is 92.0 cm³/mol. The highest BCUT2D eigenvalue weighted by atomic mass is 32.2. The van der Waals surface area contributed by atoms with E-state index in [0.717, 1.165) is 18.4 Å². The fraction of sp³-hybridized carbons (Fsp3) is 0.176. The molecule has 0 aliphatic heterocycles. The lowest BCUT2D eigenvalue weighted by Crippen LogP contribution is -2.36. The minimum atomic E-state index is -4.78. The number of benzene rings is 2. The Kier molecular flexibility index (Phi) is 5.88. The summed E-state index contributed by atoms with van der Waals surface area (Å²) in [6.07, 6.45) is -3.92. The van der Waals surface area contributed by atoms with Gasteiger partial charge in [-0.15, -0.1) is 0 Å². The van der Waals surface area contributed by atoms with Gasteiger partial charge in [0.25, 0.3) is 0 Å². The first kappa shape index (κ1) is 20.4. The number of carbonyl (C=O) groups excluding carboxylic acids is 1. The summed E-state index contributed by atoms with van der Waals surface area (Å²) < 4.78 is 64.4. The van der Waals surface area contributed by atoms with E-state index in [0.29, 0.717) is 11.6 Å². The molecule has 0 spiro atoms. The molecule has 0 aromatic heterocycles. The number of rotatable bonds is 5. The number of nitrogens with zero attached hydrogens (tertiary/aromatic N) is 1. The van der Waals surface area contributed by atoms with Gasteiger partial charge in [-0.2, -0.15) is 23.2 Å². The summed E-state index contributed by atoms with van der Waals surface area (Å²) in [4.78, 5) is 12.5. The summed E-state index contributed by atoms with van der Waals surface area (Å²) in [6, 6.07) is 10.6. The van der Waals surface area contributed by atoms with Gasteiger partial charge in [0.05, 0.1) is 23.5 Å². The summed E-state index contributed by atoms with van der Waals surface area (Å²) in [5.41, 5.74) is -1.70. The van der Waals surface area contributed by atoms with E-state index in [1.807, 2.05) is 0 Å². The molecule has 1 atom stereocenters. The second kappa shape index (κ2) is 7.77. The van der Waals surface area contributed by atoms with Gasteiger partial charge in [0, 0.05) is 5.69 Å². The fourth-order valence-electron chi connectivity index (χ4n) is 2.30. The maximum absolute atomic E-state index is 13.0. The van der Waals surface area contributed by atoms with E-state index in [-0.39, 0.29) is 5.69 Å². The quantitative estimate of drug-likeness (QED) is 0.810. The highest BCUT2D eigenvalue weighted by Gasteiger charge is 2.34. The summed E-state index contributed by atoms with van der Waals surface area (Å²) >= 11 is 0. The third kappa shape index (κ3) is 5.54. The monoisotopic (exact) mass is 397 g/mol. The van der Waals surface area contributed by atoms with Crippen molar-refractivity contribution in [3.05, 3.63) is 65.2 Å². The second-order valence-corrected chi connectivity index (χ2v) is 7.37. The Morgan fingerprint density at radius 1 is 1.15 bits per heavy atom. The minimum absolute atomic E-state index is 0.220. The van der Waals surface area contributed by atoms with Gasteiger partial charge in [-0.3, -0.25) is 4.79 Å². The minimum Gasteiger partial charge on any atom is -0.324 e. The van der Waals surface area contributed by atoms with Crippen LogP contribution in [0.3, 0.4) is 0 Å². The van der Waals surface area contributed by atoms with Gasteiger partial charge >= 0.3 is 6.18 Å². The summed E-state index contributed by atoms with van der Waals surface area (Å²) in [5.74, 6) is -0.871. The van der Waals surface area contributed by atoms with Crippen molar-refractivity contribution in [3.63, 3.8) is 0 Å². The Balaban J connectivity index is 2.37. The molecule has 0 bridgehead atoms. The Bertz CT molecular complexity index is 984. The van der Waals surface area contributed by atoms with E-state index in [9.17, 15) is 26.4 Å². The molecular formula is C17H14F3N3O3S. The molecular weight excluding hydrogens is 383 g/mol. The molecule has 27 heavy (non-hydrogen) atoms. The lowest BCUT2D eigenvalue weighted by atomic mass is 10.1. The van der Waals surface area contributed by atoms with Crippen LogP contribution < -0.4 is 10.0 Å². The van der Waals surface area contributed by atoms with Crippen LogP contribution in [0.5, 0.6) is 0 Å². The normalized spacial score (nSPS) is 12.9. The van der Waals surface area contributed by atoms with Gasteiger partial charge in [-0.05, 0) is 23.8 Å². The van der Waals surface area contributed by atoms with Gasteiger partial charge in [0.2, 0.25) is 15.9 Å². The average Bonchev–Trinajstić information content (AvgIpc) is 2.59. The third-order valence-corrected chi connectivity index (χ3v) is 4.10. The molecule has 0 heterocycles. The van der Waals surface area contributed by atoms with Crippen molar-refractivity contribution in [1.82, 2.24) is 4.72 Å². The van der Waals surface area contributed by atoms with Crippen molar-refractivity contribution in [2.24, 2.45) is 0 Å². The molecule has 6 nitrogen and oxygen atoms in total. The first-order valence-corrected chi connectivity index (χ1v) is 9.35. The first-order valence-electron chi connectivity index (χ1n) is 7.46. The van der Waals surface area contributed by atoms with Gasteiger partial charge in [0.15, 0.2) is 0 Å². The number of hydrogen-bond acceptors (Lipinski definition) is 4. The number of nitriles is 1. The zero-order chi connectivity index (χ0) is 20.2. The van der Waals surface area contributed by atoms with Crippen LogP contribution in [-0.4, -0.2) is 20.6 Å². The predicted octanol–water partition coefficient (Wildman–Crippen LogP) is 2.81. The number of halogens is 3. The van der Waals surface area contributed by atoms with Crippen molar-refractivity contribution >= 4 is 21.6 Å². The van der Waals surface area contributed by atoms with Crippen molar-refractivity contribution < 1.29 is 26.4 Å². The molecule has 2 N–H and O–H groups in total. The molecule has 1 amide bonds. The Morgan fingerprint density at radius 2 is 1.78 bits per heavy atom. The molecule has 2 aromatic rings. The van der Waals surface area contributed by atoms with Crippen molar-refractivity contribution in [1.29, 1.82) is 5.26 Å². The van der Waals surface area contributed by atoms with Crippen LogP contribution in [0.25, 0.3) is 0 Å². The van der Waals surface area contributed by atoms with Crippen molar-refractivity contribution in [2.75, 3.05) is 11.6 Å². The van der Waals surface area contributed by atoms with E-state index in [1.165, 1.54) is 18.2 Å². The van der Waals surface area contributed by atoms with E-state index in [2.05, 4.69) is 10.0 Å². The zero-order valence-corrected chi connectivity index (χ0v) is 14.7. The van der Waals surface area contributed by atoms with E-state index >= 15 is 0 Å². The molecule has 0 saturated heterocycles. The summed E-state index contributed by atoms with van der Waals surface area (Å²) in [5, 5.41) is 11.1. The van der Waals surface area contributed by atoms with Crippen LogP contribution in [0.15, 0.2) is 48.5 Å². The first-order chi connectivity index (χ1) is 12.5. The topological polar surface area (TPSA) is 99.1 Å². The zero-order valence-electron chi connectivity index (χ0n) is 13.9. The average molecular weight is 397 g/mol. The number of carbonyl (C=O) groups is 1. The second-order valence-electron chi connectivity index (χ2n) is 5.59. The van der Waals surface area contributed by atoms with E-state index in [1.54, 1.807) is 18.2 Å². The van der Waals surface area contributed by atoms with Crippen LogP contribution in [0, 0.1) is 11.3 Å². The van der Waals surface area contributed by atoms with E-state index in [4.69, 9.17) is 5.26 Å². The lowest BCUT2D eigenvalue weighted by Gasteiger charge is -2.18. The van der Waals surface area contributed by atoms with Crippen LogP contribution in [0.4, 0.5) is 18.9 Å². The number of alkyl halides is 3. The number of sulfonamides is 1. The van der Waals surface area contributed by atoms with Crippen molar-refractivity contribution in [2.45, 2.75) is 12.2 Å². The van der Waals surface area contributed by atoms with Crippen LogP contribution in [0.1, 0.15) is 22.7 Å². The molecule has 142 valence electrons. The number of hydrogen-bond donors (Lipinski definition) is 2. The molecule has 2 rings (SSSR count). The van der Waals surface area contributed by atoms with Gasteiger partial charge < -0.3 is 5.32 Å². The summed E-state index contributed by atoms with van der Waals surface area (Å²) in [6.45, 7) is 0. The van der Waals surface area contributed by atoms with Gasteiger partial charge in [-0.1, -0.05) is 30.3 Å². The highest BCUT2D eigenvalue weighted by molar-refractivity contribution is 7.88. The van der Waals surface area contributed by atoms with Gasteiger partial charge in [0.1, 0.15) is 6.04 Å².